The van der Waals surface area contributed by atoms with Gasteiger partial charge in [0.2, 0.25) is 0 Å². The molecular weight excluding hydrogens is 358 g/mol. The molecule has 0 fully saturated rings. The first-order valence-corrected chi connectivity index (χ1v) is 9.60. The van der Waals surface area contributed by atoms with Crippen molar-refractivity contribution >= 4 is 35.1 Å². The maximum absolute atomic E-state index is 12.6. The highest BCUT2D eigenvalue weighted by Gasteiger charge is 2.33. The van der Waals surface area contributed by atoms with Crippen molar-refractivity contribution in [2.45, 2.75) is 17.3 Å². The van der Waals surface area contributed by atoms with Crippen LogP contribution in [0.5, 0.6) is 0 Å². The molecular formula is C17H17N3O3S2. The predicted molar refractivity (Wildman–Crippen MR) is 97.3 cm³/mol. The number of nitrogens with one attached hydrogen (secondary N) is 2. The lowest BCUT2D eigenvalue weighted by molar-refractivity contribution is -0.139. The van der Waals surface area contributed by atoms with E-state index in [2.05, 4.69) is 15.6 Å². The summed E-state index contributed by atoms with van der Waals surface area (Å²) in [5.74, 6) is -0.00288. The second-order valence-electron chi connectivity index (χ2n) is 5.14. The van der Waals surface area contributed by atoms with Gasteiger partial charge in [0.15, 0.2) is 0 Å². The largest absolute Gasteiger partial charge is 0.463 e. The molecule has 1 aliphatic heterocycles. The summed E-state index contributed by atoms with van der Waals surface area (Å²) in [4.78, 5) is 28.9. The topological polar surface area (TPSA) is 80.3 Å². The first-order valence-electron chi connectivity index (χ1n) is 7.74. The van der Waals surface area contributed by atoms with E-state index in [1.165, 1.54) is 23.1 Å². The molecule has 0 saturated heterocycles. The summed E-state index contributed by atoms with van der Waals surface area (Å²) < 4.78 is 6.10. The molecule has 8 heteroatoms. The Labute approximate surface area is 153 Å². The third kappa shape index (κ3) is 4.21. The molecule has 25 heavy (non-hydrogen) atoms. The van der Waals surface area contributed by atoms with Gasteiger partial charge in [0.05, 0.1) is 18.2 Å². The number of hydrogen-bond donors (Lipinski definition) is 2. The molecule has 0 aliphatic carbocycles. The van der Waals surface area contributed by atoms with Crippen molar-refractivity contribution in [3.63, 3.8) is 0 Å². The fraction of sp³-hybridized carbons (Fsp3) is 0.235. The lowest BCUT2D eigenvalue weighted by Gasteiger charge is -2.29. The first-order chi connectivity index (χ1) is 12.2. The standard InChI is InChI=1S/C17H17N3O3S2/c1-2-23-15(21)13-12(10-25-17-18-8-9-24-17)19-16(22)20-14(13)11-6-4-3-5-7-11/h3-9,14H,2,10H2,1H3,(H2,19,20,22). The van der Waals surface area contributed by atoms with Crippen molar-refractivity contribution < 1.29 is 14.3 Å². The molecule has 2 aromatic rings. The molecule has 0 saturated carbocycles. The monoisotopic (exact) mass is 375 g/mol. The highest BCUT2D eigenvalue weighted by molar-refractivity contribution is 8.01. The Morgan fingerprint density at radius 3 is 2.84 bits per heavy atom. The molecule has 1 aromatic heterocycles. The zero-order valence-corrected chi connectivity index (χ0v) is 15.2. The van der Waals surface area contributed by atoms with Gasteiger partial charge in [-0.05, 0) is 12.5 Å². The van der Waals surface area contributed by atoms with Gasteiger partial charge >= 0.3 is 12.0 Å². The van der Waals surface area contributed by atoms with E-state index in [9.17, 15) is 9.59 Å². The Balaban J connectivity index is 1.96. The van der Waals surface area contributed by atoms with Crippen LogP contribution in [0.15, 0.2) is 57.5 Å². The molecule has 1 aromatic carbocycles. The lowest BCUT2D eigenvalue weighted by Crippen LogP contribution is -2.46. The van der Waals surface area contributed by atoms with Gasteiger partial charge in [-0.3, -0.25) is 0 Å². The SMILES string of the molecule is CCOC(=O)C1=C(CSc2nccs2)NC(=O)NC1c1ccccc1. The van der Waals surface area contributed by atoms with Crippen molar-refractivity contribution in [1.82, 2.24) is 15.6 Å². The third-order valence-corrected chi connectivity index (χ3v) is 5.52. The van der Waals surface area contributed by atoms with Crippen LogP contribution in [0.25, 0.3) is 0 Å². The minimum atomic E-state index is -0.541. The fourth-order valence-electron chi connectivity index (χ4n) is 2.49. The van der Waals surface area contributed by atoms with Gasteiger partial charge in [0, 0.05) is 23.0 Å². The van der Waals surface area contributed by atoms with Crippen LogP contribution in [-0.2, 0) is 9.53 Å². The average molecular weight is 375 g/mol. The van der Waals surface area contributed by atoms with Crippen molar-refractivity contribution in [2.75, 3.05) is 12.4 Å². The van der Waals surface area contributed by atoms with Crippen molar-refractivity contribution in [1.29, 1.82) is 0 Å². The van der Waals surface area contributed by atoms with Crippen LogP contribution in [-0.4, -0.2) is 29.3 Å². The number of thioether (sulfide) groups is 1. The normalized spacial score (nSPS) is 17.0. The Bertz CT molecular complexity index is 776. The van der Waals surface area contributed by atoms with Gasteiger partial charge in [-0.15, -0.1) is 11.3 Å². The molecule has 2 N–H and O–H groups in total. The third-order valence-electron chi connectivity index (χ3n) is 3.53. The number of thiazole rings is 1. The lowest BCUT2D eigenvalue weighted by atomic mass is 9.95. The molecule has 130 valence electrons. The van der Waals surface area contributed by atoms with Gasteiger partial charge in [0.25, 0.3) is 0 Å². The van der Waals surface area contributed by atoms with Crippen LogP contribution in [0.3, 0.4) is 0 Å². The molecule has 2 amide bonds. The minimum absolute atomic E-state index is 0.269. The van der Waals surface area contributed by atoms with Crippen LogP contribution < -0.4 is 10.6 Å². The number of esters is 1. The van der Waals surface area contributed by atoms with Gasteiger partial charge in [-0.25, -0.2) is 14.6 Å². The van der Waals surface area contributed by atoms with Crippen LogP contribution in [0, 0.1) is 0 Å². The van der Waals surface area contributed by atoms with Gasteiger partial charge in [-0.1, -0.05) is 42.1 Å². The summed E-state index contributed by atoms with van der Waals surface area (Å²) in [7, 11) is 0. The number of urea groups is 1. The van der Waals surface area contributed by atoms with Crippen molar-refractivity contribution in [3.05, 3.63) is 58.7 Å². The average Bonchev–Trinajstić information content (AvgIpc) is 3.14. The Hall–Kier alpha value is -2.32. The number of carbonyl (C=O) groups excluding carboxylic acids is 2. The Morgan fingerprint density at radius 1 is 1.36 bits per heavy atom. The summed E-state index contributed by atoms with van der Waals surface area (Å²) in [5.41, 5.74) is 1.81. The van der Waals surface area contributed by atoms with E-state index >= 15 is 0 Å². The Kier molecular flexibility index (Phi) is 5.72. The van der Waals surface area contributed by atoms with Crippen molar-refractivity contribution in [3.8, 4) is 0 Å². The molecule has 2 heterocycles. The molecule has 1 unspecified atom stereocenters. The summed E-state index contributed by atoms with van der Waals surface area (Å²) in [6.45, 7) is 2.03. The highest BCUT2D eigenvalue weighted by Crippen LogP contribution is 2.31. The van der Waals surface area contributed by atoms with Crippen LogP contribution in [0.1, 0.15) is 18.5 Å². The summed E-state index contributed by atoms with van der Waals surface area (Å²) in [6, 6.07) is 8.51. The minimum Gasteiger partial charge on any atom is -0.463 e. The van der Waals surface area contributed by atoms with Gasteiger partial charge < -0.3 is 15.4 Å². The number of aromatic nitrogens is 1. The van der Waals surface area contributed by atoms with E-state index in [1.54, 1.807) is 13.1 Å². The molecule has 0 bridgehead atoms. The smallest absolute Gasteiger partial charge is 0.338 e. The fourth-order valence-corrected chi connectivity index (χ4v) is 4.10. The van der Waals surface area contributed by atoms with E-state index in [0.29, 0.717) is 17.0 Å². The number of ether oxygens (including phenoxy) is 1. The zero-order chi connectivity index (χ0) is 17.6. The summed E-state index contributed by atoms with van der Waals surface area (Å²) in [6.07, 6.45) is 1.72. The number of amides is 2. The van der Waals surface area contributed by atoms with E-state index in [-0.39, 0.29) is 12.6 Å². The maximum Gasteiger partial charge on any atom is 0.338 e. The molecule has 1 aliphatic rings. The van der Waals surface area contributed by atoms with Crippen LogP contribution >= 0.6 is 23.1 Å². The number of benzene rings is 1. The van der Waals surface area contributed by atoms with E-state index in [1.807, 2.05) is 35.7 Å². The summed E-state index contributed by atoms with van der Waals surface area (Å²) >= 11 is 2.99. The first kappa shape index (κ1) is 17.5. The Morgan fingerprint density at radius 2 is 2.16 bits per heavy atom. The zero-order valence-electron chi connectivity index (χ0n) is 13.5. The number of nitrogens with zero attached hydrogens (tertiary/aromatic N) is 1. The van der Waals surface area contributed by atoms with E-state index < -0.39 is 12.0 Å². The van der Waals surface area contributed by atoms with Crippen LogP contribution in [0.2, 0.25) is 0 Å². The van der Waals surface area contributed by atoms with Gasteiger partial charge in [-0.2, -0.15) is 0 Å². The number of rotatable bonds is 6. The molecule has 1 atom stereocenters. The highest BCUT2D eigenvalue weighted by atomic mass is 32.2. The number of hydrogen-bond acceptors (Lipinski definition) is 6. The number of carbonyl (C=O) groups is 2. The molecule has 0 spiro atoms. The van der Waals surface area contributed by atoms with Crippen LogP contribution in [0.4, 0.5) is 4.79 Å². The maximum atomic E-state index is 12.6. The summed E-state index contributed by atoms with van der Waals surface area (Å²) in [5, 5.41) is 7.45. The van der Waals surface area contributed by atoms with E-state index in [4.69, 9.17) is 4.74 Å². The second kappa shape index (κ2) is 8.17. The van der Waals surface area contributed by atoms with E-state index in [0.717, 1.165) is 9.90 Å². The van der Waals surface area contributed by atoms with Gasteiger partial charge in [0.1, 0.15) is 4.34 Å². The second-order valence-corrected chi connectivity index (χ2v) is 7.26. The molecule has 0 radical (unpaired) electrons. The molecule has 6 nitrogen and oxygen atoms in total. The van der Waals surface area contributed by atoms with Crippen molar-refractivity contribution in [2.24, 2.45) is 0 Å². The predicted octanol–water partition coefficient (Wildman–Crippen LogP) is 3.11. The molecule has 3 rings (SSSR count). The quantitative estimate of drug-likeness (QED) is 0.599.